The molecule has 0 amide bonds. The highest BCUT2D eigenvalue weighted by Gasteiger charge is 2.14. The molecule has 2 rings (SSSR count). The van der Waals surface area contributed by atoms with Crippen molar-refractivity contribution in [3.8, 4) is 0 Å². The molecule has 1 aliphatic rings. The number of rotatable bonds is 4. The maximum absolute atomic E-state index is 4.07. The van der Waals surface area contributed by atoms with Crippen LogP contribution in [0.25, 0.3) is 0 Å². The number of pyridine rings is 1. The van der Waals surface area contributed by atoms with Gasteiger partial charge in [0.1, 0.15) is 0 Å². The van der Waals surface area contributed by atoms with E-state index in [1.165, 1.54) is 44.2 Å². The van der Waals surface area contributed by atoms with Gasteiger partial charge in [-0.1, -0.05) is 13.3 Å². The predicted octanol–water partition coefficient (Wildman–Crippen LogP) is 3.11. The SMILES string of the molecule is C[C@H](CC[C@@H]1CCCCN1)c1ccncc1. The Morgan fingerprint density at radius 1 is 1.38 bits per heavy atom. The standard InChI is InChI=1S/C14H22N2/c1-12(13-7-10-15-11-8-13)5-6-14-4-2-3-9-16-14/h7-8,10-12,14,16H,2-6,9H2,1H3/t12-,14+/m1/s1. The molecule has 16 heavy (non-hydrogen) atoms. The van der Waals surface area contributed by atoms with Gasteiger partial charge in [0, 0.05) is 18.4 Å². The van der Waals surface area contributed by atoms with Gasteiger partial charge in [-0.3, -0.25) is 4.98 Å². The second kappa shape index (κ2) is 6.00. The highest BCUT2D eigenvalue weighted by Crippen LogP contribution is 2.22. The first-order chi connectivity index (χ1) is 7.86. The minimum Gasteiger partial charge on any atom is -0.314 e. The van der Waals surface area contributed by atoms with Crippen LogP contribution in [0.4, 0.5) is 0 Å². The van der Waals surface area contributed by atoms with E-state index in [4.69, 9.17) is 0 Å². The molecule has 1 N–H and O–H groups in total. The zero-order chi connectivity index (χ0) is 11.2. The maximum Gasteiger partial charge on any atom is 0.0270 e. The van der Waals surface area contributed by atoms with Crippen molar-refractivity contribution in [2.75, 3.05) is 6.54 Å². The third-order valence-corrected chi connectivity index (χ3v) is 3.64. The molecular weight excluding hydrogens is 196 g/mol. The van der Waals surface area contributed by atoms with E-state index in [0.29, 0.717) is 5.92 Å². The summed E-state index contributed by atoms with van der Waals surface area (Å²) >= 11 is 0. The zero-order valence-corrected chi connectivity index (χ0v) is 10.2. The Morgan fingerprint density at radius 3 is 2.88 bits per heavy atom. The molecule has 88 valence electrons. The summed E-state index contributed by atoms with van der Waals surface area (Å²) in [5.41, 5.74) is 1.42. The van der Waals surface area contributed by atoms with Crippen LogP contribution in [-0.4, -0.2) is 17.6 Å². The lowest BCUT2D eigenvalue weighted by molar-refractivity contribution is 0.368. The predicted molar refractivity (Wildman–Crippen MR) is 67.5 cm³/mol. The van der Waals surface area contributed by atoms with E-state index < -0.39 is 0 Å². The summed E-state index contributed by atoms with van der Waals surface area (Å²) in [4.78, 5) is 4.07. The number of piperidine rings is 1. The molecule has 0 aromatic carbocycles. The third kappa shape index (κ3) is 3.31. The van der Waals surface area contributed by atoms with Crippen LogP contribution in [0.1, 0.15) is 50.5 Å². The van der Waals surface area contributed by atoms with Crippen LogP contribution in [0.3, 0.4) is 0 Å². The molecule has 0 aliphatic carbocycles. The van der Waals surface area contributed by atoms with Crippen molar-refractivity contribution >= 4 is 0 Å². The Hall–Kier alpha value is -0.890. The molecule has 1 saturated heterocycles. The Labute approximate surface area is 98.5 Å². The summed E-state index contributed by atoms with van der Waals surface area (Å²) in [5, 5.41) is 3.61. The average Bonchev–Trinajstić information content (AvgIpc) is 2.38. The van der Waals surface area contributed by atoms with Crippen LogP contribution in [0.2, 0.25) is 0 Å². The van der Waals surface area contributed by atoms with Crippen molar-refractivity contribution < 1.29 is 0 Å². The third-order valence-electron chi connectivity index (χ3n) is 3.64. The van der Waals surface area contributed by atoms with Crippen molar-refractivity contribution in [1.82, 2.24) is 10.3 Å². The van der Waals surface area contributed by atoms with Crippen LogP contribution in [0.15, 0.2) is 24.5 Å². The average molecular weight is 218 g/mol. The van der Waals surface area contributed by atoms with Gasteiger partial charge in [0.05, 0.1) is 0 Å². The largest absolute Gasteiger partial charge is 0.314 e. The molecule has 2 nitrogen and oxygen atoms in total. The van der Waals surface area contributed by atoms with Gasteiger partial charge in [-0.25, -0.2) is 0 Å². The number of hydrogen-bond acceptors (Lipinski definition) is 2. The monoisotopic (exact) mass is 218 g/mol. The number of nitrogens with one attached hydrogen (secondary N) is 1. The molecule has 0 unspecified atom stereocenters. The molecule has 2 heteroatoms. The number of aromatic nitrogens is 1. The summed E-state index contributed by atoms with van der Waals surface area (Å²) in [6, 6.07) is 5.04. The maximum atomic E-state index is 4.07. The smallest absolute Gasteiger partial charge is 0.0270 e. The Bertz CT molecular complexity index is 291. The highest BCUT2D eigenvalue weighted by atomic mass is 14.9. The van der Waals surface area contributed by atoms with E-state index in [2.05, 4.69) is 29.4 Å². The van der Waals surface area contributed by atoms with Gasteiger partial charge in [-0.05, 0) is 55.8 Å². The van der Waals surface area contributed by atoms with Gasteiger partial charge < -0.3 is 5.32 Å². The van der Waals surface area contributed by atoms with Gasteiger partial charge in [0.15, 0.2) is 0 Å². The van der Waals surface area contributed by atoms with Crippen LogP contribution >= 0.6 is 0 Å². The quantitative estimate of drug-likeness (QED) is 0.840. The second-order valence-corrected chi connectivity index (χ2v) is 4.91. The lowest BCUT2D eigenvalue weighted by atomic mass is 9.92. The van der Waals surface area contributed by atoms with Crippen molar-refractivity contribution in [3.63, 3.8) is 0 Å². The number of nitrogens with zero attached hydrogens (tertiary/aromatic N) is 1. The first kappa shape index (κ1) is 11.6. The van der Waals surface area contributed by atoms with Crippen molar-refractivity contribution in [2.24, 2.45) is 0 Å². The van der Waals surface area contributed by atoms with E-state index >= 15 is 0 Å². The van der Waals surface area contributed by atoms with Gasteiger partial charge in [0.2, 0.25) is 0 Å². The van der Waals surface area contributed by atoms with Crippen LogP contribution in [0, 0.1) is 0 Å². The molecule has 0 saturated carbocycles. The lowest BCUT2D eigenvalue weighted by Gasteiger charge is -2.24. The minimum absolute atomic E-state index is 0.659. The zero-order valence-electron chi connectivity index (χ0n) is 10.2. The van der Waals surface area contributed by atoms with Crippen molar-refractivity contribution in [3.05, 3.63) is 30.1 Å². The van der Waals surface area contributed by atoms with Crippen molar-refractivity contribution in [2.45, 2.75) is 51.0 Å². The fraction of sp³-hybridized carbons (Fsp3) is 0.643. The van der Waals surface area contributed by atoms with E-state index in [1.54, 1.807) is 0 Å². The van der Waals surface area contributed by atoms with Gasteiger partial charge in [-0.15, -0.1) is 0 Å². The topological polar surface area (TPSA) is 24.9 Å². The van der Waals surface area contributed by atoms with Gasteiger partial charge in [-0.2, -0.15) is 0 Å². The normalized spacial score (nSPS) is 22.9. The van der Waals surface area contributed by atoms with E-state index in [0.717, 1.165) is 6.04 Å². The summed E-state index contributed by atoms with van der Waals surface area (Å²) in [5.74, 6) is 0.659. The molecule has 0 radical (unpaired) electrons. The highest BCUT2D eigenvalue weighted by molar-refractivity contribution is 5.14. The fourth-order valence-corrected chi connectivity index (χ4v) is 2.48. The summed E-state index contributed by atoms with van der Waals surface area (Å²) < 4.78 is 0. The Morgan fingerprint density at radius 2 is 2.19 bits per heavy atom. The Kier molecular flexibility index (Phi) is 4.34. The Balaban J connectivity index is 1.77. The summed E-state index contributed by atoms with van der Waals surface area (Å²) in [7, 11) is 0. The van der Waals surface area contributed by atoms with Crippen LogP contribution < -0.4 is 5.32 Å². The van der Waals surface area contributed by atoms with Gasteiger partial charge >= 0.3 is 0 Å². The number of hydrogen-bond donors (Lipinski definition) is 1. The molecule has 0 spiro atoms. The molecule has 1 aromatic rings. The first-order valence-corrected chi connectivity index (χ1v) is 6.49. The molecule has 2 heterocycles. The van der Waals surface area contributed by atoms with Crippen molar-refractivity contribution in [1.29, 1.82) is 0 Å². The minimum atomic E-state index is 0.659. The van der Waals surface area contributed by atoms with Crippen LogP contribution in [-0.2, 0) is 0 Å². The van der Waals surface area contributed by atoms with Gasteiger partial charge in [0.25, 0.3) is 0 Å². The van der Waals surface area contributed by atoms with Crippen LogP contribution in [0.5, 0.6) is 0 Å². The lowest BCUT2D eigenvalue weighted by Crippen LogP contribution is -2.34. The molecule has 1 fully saturated rings. The van der Waals surface area contributed by atoms with E-state index in [-0.39, 0.29) is 0 Å². The molecular formula is C14H22N2. The van der Waals surface area contributed by atoms with E-state index in [9.17, 15) is 0 Å². The summed E-state index contributed by atoms with van der Waals surface area (Å²) in [6.45, 7) is 3.53. The van der Waals surface area contributed by atoms with E-state index in [1.807, 2.05) is 12.4 Å². The fourth-order valence-electron chi connectivity index (χ4n) is 2.48. The second-order valence-electron chi connectivity index (χ2n) is 4.91. The molecule has 2 atom stereocenters. The molecule has 0 bridgehead atoms. The summed E-state index contributed by atoms with van der Waals surface area (Å²) in [6.07, 6.45) is 10.5. The molecule has 1 aliphatic heterocycles. The first-order valence-electron chi connectivity index (χ1n) is 6.49. The molecule has 1 aromatic heterocycles.